The Kier molecular flexibility index (Phi) is 6.41. The van der Waals surface area contributed by atoms with Crippen LogP contribution in [0.25, 0.3) is 11.1 Å². The Morgan fingerprint density at radius 2 is 1.75 bits per heavy atom. The van der Waals surface area contributed by atoms with Gasteiger partial charge in [-0.05, 0) is 49.1 Å². The third-order valence-electron chi connectivity index (χ3n) is 3.54. The summed E-state index contributed by atoms with van der Waals surface area (Å²) in [6.45, 7) is 0.849. The van der Waals surface area contributed by atoms with Crippen molar-refractivity contribution in [3.8, 4) is 16.9 Å². The van der Waals surface area contributed by atoms with Crippen LogP contribution in [-0.2, 0) is 6.42 Å². The molecule has 128 valence electrons. The molecule has 0 aliphatic rings. The smallest absolute Gasteiger partial charge is 0.201 e. The molecule has 0 bridgehead atoms. The standard InChI is InChI=1S/C19H18F4O/c1-2-24-17-11-10-16(18(22)19(17)23)14-8-6-13(7-9-14)4-3-5-15(21)12-20/h5-11H,2-4,12H2,1H3. The molecule has 0 amide bonds. The van der Waals surface area contributed by atoms with E-state index in [2.05, 4.69) is 0 Å². The summed E-state index contributed by atoms with van der Waals surface area (Å²) in [5, 5.41) is 0. The molecule has 1 nitrogen and oxygen atoms in total. The molecule has 24 heavy (non-hydrogen) atoms. The van der Waals surface area contributed by atoms with E-state index in [1.54, 1.807) is 31.2 Å². The second-order valence-corrected chi connectivity index (χ2v) is 5.19. The molecular formula is C19H18F4O. The van der Waals surface area contributed by atoms with Crippen LogP contribution < -0.4 is 4.74 Å². The predicted octanol–water partition coefficient (Wildman–Crippen LogP) is 5.79. The van der Waals surface area contributed by atoms with E-state index in [0.717, 1.165) is 5.56 Å². The Hall–Kier alpha value is -2.30. The third-order valence-corrected chi connectivity index (χ3v) is 3.54. The summed E-state index contributed by atoms with van der Waals surface area (Å²) in [5.74, 6) is -2.86. The molecule has 2 aromatic carbocycles. The van der Waals surface area contributed by atoms with Crippen LogP contribution in [0.2, 0.25) is 0 Å². The minimum absolute atomic E-state index is 0.114. The first-order valence-electron chi connectivity index (χ1n) is 7.67. The van der Waals surface area contributed by atoms with E-state index in [1.807, 2.05) is 0 Å². The van der Waals surface area contributed by atoms with Crippen LogP contribution in [-0.4, -0.2) is 13.3 Å². The first-order valence-corrected chi connectivity index (χ1v) is 7.67. The van der Waals surface area contributed by atoms with Gasteiger partial charge in [0, 0.05) is 5.56 Å². The minimum Gasteiger partial charge on any atom is -0.491 e. The lowest BCUT2D eigenvalue weighted by Gasteiger charge is -2.09. The van der Waals surface area contributed by atoms with Crippen molar-refractivity contribution in [3.05, 3.63) is 65.5 Å². The minimum atomic E-state index is -1.10. The van der Waals surface area contributed by atoms with Gasteiger partial charge in [0.1, 0.15) is 12.5 Å². The molecule has 0 atom stereocenters. The fourth-order valence-electron chi connectivity index (χ4n) is 2.32. The lowest BCUT2D eigenvalue weighted by atomic mass is 10.0. The first-order chi connectivity index (χ1) is 11.6. The molecule has 0 saturated carbocycles. The molecule has 0 spiro atoms. The van der Waals surface area contributed by atoms with Crippen molar-refractivity contribution in [2.24, 2.45) is 0 Å². The molecule has 0 unspecified atom stereocenters. The van der Waals surface area contributed by atoms with Crippen LogP contribution in [0.3, 0.4) is 0 Å². The van der Waals surface area contributed by atoms with Crippen molar-refractivity contribution >= 4 is 0 Å². The van der Waals surface area contributed by atoms with Crippen LogP contribution in [0.5, 0.6) is 5.75 Å². The molecule has 0 heterocycles. The summed E-state index contributed by atoms with van der Waals surface area (Å²) in [6, 6.07) is 9.72. The van der Waals surface area contributed by atoms with Crippen molar-refractivity contribution in [2.75, 3.05) is 13.3 Å². The highest BCUT2D eigenvalue weighted by Crippen LogP contribution is 2.30. The van der Waals surface area contributed by atoms with Crippen LogP contribution in [0.15, 0.2) is 48.3 Å². The zero-order valence-electron chi connectivity index (χ0n) is 13.3. The lowest BCUT2D eigenvalue weighted by Crippen LogP contribution is -1.98. The molecule has 0 aromatic heterocycles. The van der Waals surface area contributed by atoms with Gasteiger partial charge in [-0.25, -0.2) is 13.2 Å². The highest BCUT2D eigenvalue weighted by atomic mass is 19.2. The number of halogens is 4. The topological polar surface area (TPSA) is 9.23 Å². The number of allylic oxidation sites excluding steroid dienone is 2. The van der Waals surface area contributed by atoms with E-state index in [9.17, 15) is 17.6 Å². The average molecular weight is 338 g/mol. The van der Waals surface area contributed by atoms with Gasteiger partial charge in [0.05, 0.1) is 6.61 Å². The summed E-state index contributed by atoms with van der Waals surface area (Å²) in [7, 11) is 0. The fraction of sp³-hybridized carbons (Fsp3) is 0.263. The average Bonchev–Trinajstić information content (AvgIpc) is 2.60. The molecule has 0 radical (unpaired) electrons. The first kappa shape index (κ1) is 18.0. The van der Waals surface area contributed by atoms with E-state index in [0.29, 0.717) is 18.4 Å². The Labute approximate surface area is 138 Å². The van der Waals surface area contributed by atoms with Crippen LogP contribution in [0, 0.1) is 11.6 Å². The number of benzene rings is 2. The quantitative estimate of drug-likeness (QED) is 0.581. The van der Waals surface area contributed by atoms with Gasteiger partial charge >= 0.3 is 0 Å². The van der Waals surface area contributed by atoms with Crippen molar-refractivity contribution < 1.29 is 22.3 Å². The van der Waals surface area contributed by atoms with Crippen LogP contribution >= 0.6 is 0 Å². The molecule has 2 rings (SSSR count). The monoisotopic (exact) mass is 338 g/mol. The number of hydrogen-bond acceptors (Lipinski definition) is 1. The van der Waals surface area contributed by atoms with Crippen molar-refractivity contribution in [1.82, 2.24) is 0 Å². The predicted molar refractivity (Wildman–Crippen MR) is 86.5 cm³/mol. The van der Waals surface area contributed by atoms with Gasteiger partial charge in [-0.2, -0.15) is 4.39 Å². The molecule has 0 saturated heterocycles. The van der Waals surface area contributed by atoms with Crippen LogP contribution in [0.4, 0.5) is 17.6 Å². The molecule has 0 N–H and O–H groups in total. The van der Waals surface area contributed by atoms with E-state index in [-0.39, 0.29) is 17.9 Å². The largest absolute Gasteiger partial charge is 0.491 e. The lowest BCUT2D eigenvalue weighted by molar-refractivity contribution is 0.314. The summed E-state index contributed by atoms with van der Waals surface area (Å²) in [4.78, 5) is 0. The zero-order chi connectivity index (χ0) is 17.5. The molecule has 2 aromatic rings. The Balaban J connectivity index is 2.15. The number of hydrogen-bond donors (Lipinski definition) is 0. The maximum atomic E-state index is 14.2. The van der Waals surface area contributed by atoms with E-state index in [1.165, 1.54) is 18.2 Å². The maximum Gasteiger partial charge on any atom is 0.201 e. The normalized spacial score (nSPS) is 11.6. The molecule has 5 heteroatoms. The van der Waals surface area contributed by atoms with Crippen LogP contribution in [0.1, 0.15) is 18.9 Å². The Bertz CT molecular complexity index is 708. The van der Waals surface area contributed by atoms with Crippen molar-refractivity contribution in [2.45, 2.75) is 19.8 Å². The highest BCUT2D eigenvalue weighted by molar-refractivity contribution is 5.65. The van der Waals surface area contributed by atoms with Gasteiger partial charge in [0.15, 0.2) is 11.6 Å². The van der Waals surface area contributed by atoms with Gasteiger partial charge < -0.3 is 4.74 Å². The second kappa shape index (κ2) is 8.52. The highest BCUT2D eigenvalue weighted by Gasteiger charge is 2.15. The van der Waals surface area contributed by atoms with Crippen molar-refractivity contribution in [1.29, 1.82) is 0 Å². The number of rotatable bonds is 7. The molecule has 0 fully saturated rings. The third kappa shape index (κ3) is 4.37. The van der Waals surface area contributed by atoms with Gasteiger partial charge in [-0.3, -0.25) is 0 Å². The van der Waals surface area contributed by atoms with Gasteiger partial charge in [0.25, 0.3) is 0 Å². The summed E-state index contributed by atoms with van der Waals surface area (Å²) in [6.07, 6.45) is 2.12. The van der Waals surface area contributed by atoms with Crippen molar-refractivity contribution in [3.63, 3.8) is 0 Å². The van der Waals surface area contributed by atoms with Gasteiger partial charge in [-0.1, -0.05) is 24.3 Å². The van der Waals surface area contributed by atoms with E-state index < -0.39 is 24.1 Å². The maximum absolute atomic E-state index is 14.2. The number of aryl methyl sites for hydroxylation is 1. The fourth-order valence-corrected chi connectivity index (χ4v) is 2.32. The summed E-state index contributed by atoms with van der Waals surface area (Å²) < 4.78 is 57.8. The second-order valence-electron chi connectivity index (χ2n) is 5.19. The van der Waals surface area contributed by atoms with Gasteiger partial charge in [-0.15, -0.1) is 0 Å². The van der Waals surface area contributed by atoms with E-state index >= 15 is 0 Å². The summed E-state index contributed by atoms with van der Waals surface area (Å²) in [5.41, 5.74) is 1.57. The SMILES string of the molecule is CCOc1ccc(-c2ccc(CCC=C(F)CF)cc2)c(F)c1F. The Morgan fingerprint density at radius 3 is 2.38 bits per heavy atom. The Morgan fingerprint density at radius 1 is 1.04 bits per heavy atom. The summed E-state index contributed by atoms with van der Waals surface area (Å²) >= 11 is 0. The number of ether oxygens (including phenoxy) is 1. The van der Waals surface area contributed by atoms with E-state index in [4.69, 9.17) is 4.74 Å². The molecule has 0 aliphatic carbocycles. The zero-order valence-corrected chi connectivity index (χ0v) is 13.3. The molecular weight excluding hydrogens is 320 g/mol. The number of alkyl halides is 1. The molecule has 0 aliphatic heterocycles. The van der Waals surface area contributed by atoms with Gasteiger partial charge in [0.2, 0.25) is 5.82 Å².